The van der Waals surface area contributed by atoms with Crippen LogP contribution in [0, 0.1) is 11.7 Å². The Morgan fingerprint density at radius 2 is 2.43 bits per heavy atom. The van der Waals surface area contributed by atoms with Gasteiger partial charge in [0, 0.05) is 24.8 Å². The molecule has 1 aliphatic heterocycles. The zero-order chi connectivity index (χ0) is 9.80. The highest BCUT2D eigenvalue weighted by Crippen LogP contribution is 2.14. The van der Waals surface area contributed by atoms with Crippen LogP contribution in [0.15, 0.2) is 24.3 Å². The summed E-state index contributed by atoms with van der Waals surface area (Å²) < 4.78 is 18.1. The number of anilines is 1. The molecule has 1 saturated heterocycles. The molecule has 3 heteroatoms. The molecular formula is C11H14FNO. The van der Waals surface area contributed by atoms with Crippen molar-refractivity contribution < 1.29 is 9.13 Å². The second-order valence-corrected chi connectivity index (χ2v) is 3.62. The summed E-state index contributed by atoms with van der Waals surface area (Å²) >= 11 is 0. The molecule has 1 aliphatic rings. The van der Waals surface area contributed by atoms with Crippen LogP contribution >= 0.6 is 0 Å². The number of halogens is 1. The van der Waals surface area contributed by atoms with Gasteiger partial charge in [0.15, 0.2) is 0 Å². The molecule has 1 fully saturated rings. The number of hydrogen-bond acceptors (Lipinski definition) is 2. The Bertz CT molecular complexity index is 297. The fourth-order valence-electron chi connectivity index (χ4n) is 1.60. The topological polar surface area (TPSA) is 21.3 Å². The molecule has 1 N–H and O–H groups in total. The average Bonchev–Trinajstić information content (AvgIpc) is 2.67. The molecule has 0 saturated carbocycles. The van der Waals surface area contributed by atoms with Gasteiger partial charge in [0.1, 0.15) is 5.82 Å². The van der Waals surface area contributed by atoms with E-state index in [1.165, 1.54) is 12.1 Å². The van der Waals surface area contributed by atoms with Gasteiger partial charge in [-0.25, -0.2) is 4.39 Å². The van der Waals surface area contributed by atoms with E-state index < -0.39 is 0 Å². The maximum absolute atomic E-state index is 12.8. The van der Waals surface area contributed by atoms with Gasteiger partial charge in [-0.1, -0.05) is 6.07 Å². The summed E-state index contributed by atoms with van der Waals surface area (Å²) in [5, 5.41) is 3.21. The first-order valence-corrected chi connectivity index (χ1v) is 4.92. The van der Waals surface area contributed by atoms with Crippen LogP contribution in [-0.4, -0.2) is 19.8 Å². The first-order valence-electron chi connectivity index (χ1n) is 4.92. The molecule has 14 heavy (non-hydrogen) atoms. The van der Waals surface area contributed by atoms with Gasteiger partial charge < -0.3 is 10.1 Å². The van der Waals surface area contributed by atoms with Crippen molar-refractivity contribution in [3.05, 3.63) is 30.1 Å². The standard InChI is InChI=1S/C11H14FNO/c12-10-2-1-3-11(6-10)13-7-9-4-5-14-8-9/h1-3,6,9,13H,4-5,7-8H2. The molecule has 0 aromatic heterocycles. The van der Waals surface area contributed by atoms with Crippen LogP contribution in [-0.2, 0) is 4.74 Å². The van der Waals surface area contributed by atoms with Gasteiger partial charge >= 0.3 is 0 Å². The van der Waals surface area contributed by atoms with E-state index >= 15 is 0 Å². The number of nitrogens with one attached hydrogen (secondary N) is 1. The van der Waals surface area contributed by atoms with Gasteiger partial charge in [-0.15, -0.1) is 0 Å². The zero-order valence-corrected chi connectivity index (χ0v) is 8.00. The number of ether oxygens (including phenoxy) is 1. The van der Waals surface area contributed by atoms with Gasteiger partial charge in [-0.05, 0) is 24.6 Å². The Labute approximate surface area is 83.1 Å². The van der Waals surface area contributed by atoms with Gasteiger partial charge in [0.05, 0.1) is 6.61 Å². The summed E-state index contributed by atoms with van der Waals surface area (Å²) in [6, 6.07) is 6.54. The molecule has 0 aliphatic carbocycles. The Kier molecular flexibility index (Phi) is 2.99. The molecule has 1 aromatic rings. The number of hydrogen-bond donors (Lipinski definition) is 1. The number of rotatable bonds is 3. The van der Waals surface area contributed by atoms with Crippen LogP contribution in [0.25, 0.3) is 0 Å². The van der Waals surface area contributed by atoms with Crippen LogP contribution in [0.3, 0.4) is 0 Å². The van der Waals surface area contributed by atoms with E-state index in [1.807, 2.05) is 6.07 Å². The molecule has 2 nitrogen and oxygen atoms in total. The molecule has 1 heterocycles. The fraction of sp³-hybridized carbons (Fsp3) is 0.455. The van der Waals surface area contributed by atoms with Gasteiger partial charge in [0.25, 0.3) is 0 Å². The Balaban J connectivity index is 1.85. The normalized spacial score (nSPS) is 21.1. The highest BCUT2D eigenvalue weighted by Gasteiger charge is 2.14. The Morgan fingerprint density at radius 3 is 3.14 bits per heavy atom. The van der Waals surface area contributed by atoms with E-state index in [9.17, 15) is 4.39 Å². The van der Waals surface area contributed by atoms with Crippen LogP contribution < -0.4 is 5.32 Å². The minimum absolute atomic E-state index is 0.197. The monoisotopic (exact) mass is 195 g/mol. The van der Waals surface area contributed by atoms with E-state index in [0.717, 1.165) is 31.9 Å². The van der Waals surface area contributed by atoms with E-state index in [0.29, 0.717) is 5.92 Å². The predicted octanol–water partition coefficient (Wildman–Crippen LogP) is 2.27. The third-order valence-electron chi connectivity index (χ3n) is 2.44. The summed E-state index contributed by atoms with van der Waals surface area (Å²) in [5.74, 6) is 0.371. The molecule has 1 aromatic carbocycles. The summed E-state index contributed by atoms with van der Waals surface area (Å²) in [7, 11) is 0. The van der Waals surface area contributed by atoms with E-state index in [4.69, 9.17) is 4.74 Å². The largest absolute Gasteiger partial charge is 0.385 e. The highest BCUT2D eigenvalue weighted by molar-refractivity contribution is 5.42. The third kappa shape index (κ3) is 2.45. The lowest BCUT2D eigenvalue weighted by atomic mass is 10.1. The smallest absolute Gasteiger partial charge is 0.125 e. The van der Waals surface area contributed by atoms with Crippen molar-refractivity contribution in [1.29, 1.82) is 0 Å². The molecule has 0 radical (unpaired) electrons. The molecule has 2 rings (SSSR count). The molecule has 76 valence electrons. The lowest BCUT2D eigenvalue weighted by molar-refractivity contribution is 0.187. The quantitative estimate of drug-likeness (QED) is 0.798. The van der Waals surface area contributed by atoms with Gasteiger partial charge in [-0.3, -0.25) is 0 Å². The van der Waals surface area contributed by atoms with Crippen LogP contribution in [0.1, 0.15) is 6.42 Å². The lowest BCUT2D eigenvalue weighted by Crippen LogP contribution is -2.13. The molecule has 0 amide bonds. The van der Waals surface area contributed by atoms with Crippen molar-refractivity contribution in [3.8, 4) is 0 Å². The van der Waals surface area contributed by atoms with Crippen molar-refractivity contribution in [2.24, 2.45) is 5.92 Å². The van der Waals surface area contributed by atoms with Crippen molar-refractivity contribution in [1.82, 2.24) is 0 Å². The summed E-state index contributed by atoms with van der Waals surface area (Å²) in [6.07, 6.45) is 1.10. The van der Waals surface area contributed by atoms with Crippen LogP contribution in [0.2, 0.25) is 0 Å². The second kappa shape index (κ2) is 4.42. The van der Waals surface area contributed by atoms with Crippen molar-refractivity contribution in [2.75, 3.05) is 25.1 Å². The summed E-state index contributed by atoms with van der Waals surface area (Å²) in [4.78, 5) is 0. The van der Waals surface area contributed by atoms with Crippen molar-refractivity contribution >= 4 is 5.69 Å². The minimum atomic E-state index is -0.197. The first kappa shape index (κ1) is 9.46. The fourth-order valence-corrected chi connectivity index (χ4v) is 1.60. The second-order valence-electron chi connectivity index (χ2n) is 3.62. The van der Waals surface area contributed by atoms with Gasteiger partial charge in [-0.2, -0.15) is 0 Å². The maximum atomic E-state index is 12.8. The first-order chi connectivity index (χ1) is 6.84. The SMILES string of the molecule is Fc1cccc(NCC2CCOC2)c1. The van der Waals surface area contributed by atoms with Crippen LogP contribution in [0.5, 0.6) is 0 Å². The van der Waals surface area contributed by atoms with Crippen molar-refractivity contribution in [3.63, 3.8) is 0 Å². The summed E-state index contributed by atoms with van der Waals surface area (Å²) in [6.45, 7) is 2.54. The lowest BCUT2D eigenvalue weighted by Gasteiger charge is -2.10. The Hall–Kier alpha value is -1.09. The predicted molar refractivity (Wildman–Crippen MR) is 53.8 cm³/mol. The van der Waals surface area contributed by atoms with E-state index in [-0.39, 0.29) is 5.82 Å². The molecular weight excluding hydrogens is 181 g/mol. The number of benzene rings is 1. The summed E-state index contributed by atoms with van der Waals surface area (Å²) in [5.41, 5.74) is 0.844. The minimum Gasteiger partial charge on any atom is -0.385 e. The molecule has 1 atom stereocenters. The zero-order valence-electron chi connectivity index (χ0n) is 8.00. The molecule has 1 unspecified atom stereocenters. The van der Waals surface area contributed by atoms with Crippen molar-refractivity contribution in [2.45, 2.75) is 6.42 Å². The average molecular weight is 195 g/mol. The Morgan fingerprint density at radius 1 is 1.50 bits per heavy atom. The van der Waals surface area contributed by atoms with E-state index in [2.05, 4.69) is 5.32 Å². The van der Waals surface area contributed by atoms with Gasteiger partial charge in [0.2, 0.25) is 0 Å². The molecule has 0 spiro atoms. The molecule has 0 bridgehead atoms. The van der Waals surface area contributed by atoms with E-state index in [1.54, 1.807) is 6.07 Å². The maximum Gasteiger partial charge on any atom is 0.125 e. The van der Waals surface area contributed by atoms with Crippen LogP contribution in [0.4, 0.5) is 10.1 Å². The highest BCUT2D eigenvalue weighted by atomic mass is 19.1. The third-order valence-corrected chi connectivity index (χ3v) is 2.44.